The zero-order valence-corrected chi connectivity index (χ0v) is 8.11. The van der Waals surface area contributed by atoms with Crippen LogP contribution in [0.5, 0.6) is 0 Å². The average molecular weight is 207 g/mol. The molecule has 1 nitrogen and oxygen atoms in total. The molecule has 0 saturated heterocycles. The molecule has 0 radical (unpaired) electrons. The first-order valence-electron chi connectivity index (χ1n) is 5.35. The van der Waals surface area contributed by atoms with Gasteiger partial charge in [-0.3, -0.25) is 0 Å². The van der Waals surface area contributed by atoms with E-state index >= 15 is 0 Å². The van der Waals surface area contributed by atoms with E-state index in [1.165, 1.54) is 25.7 Å². The molecule has 0 aromatic carbocycles. The minimum Gasteiger partial charge on any atom is -0.308 e. The molecule has 0 spiro atoms. The van der Waals surface area contributed by atoms with Crippen LogP contribution in [0, 0.1) is 17.8 Å². The van der Waals surface area contributed by atoms with Crippen molar-refractivity contribution in [2.45, 2.75) is 31.9 Å². The number of alkyl halides is 3. The molecule has 2 aliphatic rings. The van der Waals surface area contributed by atoms with Crippen LogP contribution in [-0.4, -0.2) is 19.3 Å². The van der Waals surface area contributed by atoms with E-state index < -0.39 is 12.7 Å². The topological polar surface area (TPSA) is 12.0 Å². The normalized spacial score (nSPS) is 36.6. The fraction of sp³-hybridized carbons (Fsp3) is 1.00. The molecule has 82 valence electrons. The molecule has 0 aromatic rings. The number of nitrogens with one attached hydrogen (secondary N) is 1. The number of hydrogen-bond donors (Lipinski definition) is 1. The van der Waals surface area contributed by atoms with E-state index in [0.29, 0.717) is 12.5 Å². The molecule has 0 aromatic heterocycles. The van der Waals surface area contributed by atoms with Gasteiger partial charge in [-0.15, -0.1) is 0 Å². The van der Waals surface area contributed by atoms with E-state index in [2.05, 4.69) is 5.32 Å². The van der Waals surface area contributed by atoms with Gasteiger partial charge >= 0.3 is 6.18 Å². The van der Waals surface area contributed by atoms with Crippen LogP contribution in [0.25, 0.3) is 0 Å². The molecule has 14 heavy (non-hydrogen) atoms. The van der Waals surface area contributed by atoms with Crippen molar-refractivity contribution >= 4 is 0 Å². The second-order valence-electron chi connectivity index (χ2n) is 4.52. The summed E-state index contributed by atoms with van der Waals surface area (Å²) in [6.07, 6.45) is 0.972. The lowest BCUT2D eigenvalue weighted by atomic mass is 10.0. The molecule has 4 heteroatoms. The third-order valence-corrected chi connectivity index (χ3v) is 3.54. The zero-order chi connectivity index (χ0) is 10.2. The monoisotopic (exact) mass is 207 g/mol. The van der Waals surface area contributed by atoms with Crippen molar-refractivity contribution in [3.05, 3.63) is 0 Å². The van der Waals surface area contributed by atoms with Crippen LogP contribution in [-0.2, 0) is 0 Å². The van der Waals surface area contributed by atoms with Gasteiger partial charge in [-0.2, -0.15) is 13.2 Å². The van der Waals surface area contributed by atoms with Crippen molar-refractivity contribution in [1.82, 2.24) is 5.32 Å². The second-order valence-corrected chi connectivity index (χ2v) is 4.52. The van der Waals surface area contributed by atoms with Gasteiger partial charge in [0.25, 0.3) is 0 Å². The van der Waals surface area contributed by atoms with E-state index in [9.17, 15) is 13.2 Å². The van der Waals surface area contributed by atoms with Crippen LogP contribution in [0.3, 0.4) is 0 Å². The fourth-order valence-electron chi connectivity index (χ4n) is 2.82. The van der Waals surface area contributed by atoms with Crippen molar-refractivity contribution in [1.29, 1.82) is 0 Å². The Kier molecular flexibility index (Phi) is 2.73. The van der Waals surface area contributed by atoms with E-state index in [4.69, 9.17) is 0 Å². The lowest BCUT2D eigenvalue weighted by molar-refractivity contribution is -0.124. The van der Waals surface area contributed by atoms with Gasteiger partial charge in [0, 0.05) is 0 Å². The SMILES string of the molecule is FC(F)(F)CNCC1C2CCCCC21. The maximum Gasteiger partial charge on any atom is 0.401 e. The van der Waals surface area contributed by atoms with Gasteiger partial charge in [-0.05, 0) is 37.1 Å². The molecule has 0 bridgehead atoms. The maximum atomic E-state index is 11.8. The highest BCUT2D eigenvalue weighted by atomic mass is 19.4. The summed E-state index contributed by atoms with van der Waals surface area (Å²) in [5.74, 6) is 2.02. The Balaban J connectivity index is 1.63. The Morgan fingerprint density at radius 2 is 1.64 bits per heavy atom. The van der Waals surface area contributed by atoms with E-state index in [1.807, 2.05) is 0 Å². The third-order valence-electron chi connectivity index (χ3n) is 3.54. The number of fused-ring (bicyclic) bond motifs is 1. The summed E-state index contributed by atoms with van der Waals surface area (Å²) in [6, 6.07) is 0. The predicted molar refractivity (Wildman–Crippen MR) is 47.9 cm³/mol. The molecule has 2 atom stereocenters. The minimum atomic E-state index is -4.06. The summed E-state index contributed by atoms with van der Waals surface area (Å²) < 4.78 is 35.5. The van der Waals surface area contributed by atoms with Crippen LogP contribution in [0.4, 0.5) is 13.2 Å². The van der Waals surface area contributed by atoms with Crippen molar-refractivity contribution in [3.63, 3.8) is 0 Å². The molecule has 1 N–H and O–H groups in total. The molecular weight excluding hydrogens is 191 g/mol. The van der Waals surface area contributed by atoms with Gasteiger partial charge in [-0.1, -0.05) is 12.8 Å². The maximum absolute atomic E-state index is 11.8. The summed E-state index contributed by atoms with van der Waals surface area (Å²) in [4.78, 5) is 0. The quantitative estimate of drug-likeness (QED) is 0.750. The first-order chi connectivity index (χ1) is 6.58. The van der Waals surface area contributed by atoms with Crippen molar-refractivity contribution in [2.24, 2.45) is 17.8 Å². The number of halogens is 3. The summed E-state index contributed by atoms with van der Waals surface area (Å²) in [7, 11) is 0. The van der Waals surface area contributed by atoms with E-state index in [-0.39, 0.29) is 0 Å². The average Bonchev–Trinajstić information content (AvgIpc) is 2.77. The van der Waals surface area contributed by atoms with Crippen molar-refractivity contribution < 1.29 is 13.2 Å². The first kappa shape index (κ1) is 10.3. The van der Waals surface area contributed by atoms with E-state index in [0.717, 1.165) is 11.8 Å². The van der Waals surface area contributed by atoms with Crippen molar-refractivity contribution in [3.8, 4) is 0 Å². The lowest BCUT2D eigenvalue weighted by Gasteiger charge is -2.07. The van der Waals surface area contributed by atoms with Gasteiger partial charge in [0.15, 0.2) is 0 Å². The van der Waals surface area contributed by atoms with Crippen molar-refractivity contribution in [2.75, 3.05) is 13.1 Å². The highest BCUT2D eigenvalue weighted by Crippen LogP contribution is 2.54. The zero-order valence-electron chi connectivity index (χ0n) is 8.11. The molecule has 2 aliphatic carbocycles. The molecule has 0 amide bonds. The standard InChI is InChI=1S/C10H16F3N/c11-10(12,13)6-14-5-9-7-3-1-2-4-8(7)9/h7-9,14H,1-6H2. The highest BCUT2D eigenvalue weighted by molar-refractivity contribution is 4.99. The molecular formula is C10H16F3N. The Hall–Kier alpha value is -0.250. The number of rotatable bonds is 3. The molecule has 0 heterocycles. The summed E-state index contributed by atoms with van der Waals surface area (Å²) >= 11 is 0. The molecule has 2 unspecified atom stereocenters. The van der Waals surface area contributed by atoms with Gasteiger partial charge in [-0.25, -0.2) is 0 Å². The van der Waals surface area contributed by atoms with Crippen LogP contribution < -0.4 is 5.32 Å². The van der Waals surface area contributed by atoms with Crippen LogP contribution in [0.2, 0.25) is 0 Å². The van der Waals surface area contributed by atoms with Gasteiger partial charge in [0.2, 0.25) is 0 Å². The second kappa shape index (κ2) is 3.72. The van der Waals surface area contributed by atoms with Gasteiger partial charge in [0.05, 0.1) is 6.54 Å². The minimum absolute atomic E-state index is 0.542. The Bertz CT molecular complexity index is 190. The predicted octanol–water partition coefficient (Wildman–Crippen LogP) is 2.57. The third kappa shape index (κ3) is 2.41. The van der Waals surface area contributed by atoms with Crippen LogP contribution >= 0.6 is 0 Å². The molecule has 0 aliphatic heterocycles. The summed E-state index contributed by atoms with van der Waals surface area (Å²) in [5, 5.41) is 2.52. The van der Waals surface area contributed by atoms with E-state index in [1.54, 1.807) is 0 Å². The van der Waals surface area contributed by atoms with Gasteiger partial charge < -0.3 is 5.32 Å². The molecule has 2 rings (SSSR count). The van der Waals surface area contributed by atoms with Gasteiger partial charge in [0.1, 0.15) is 0 Å². The number of hydrogen-bond acceptors (Lipinski definition) is 1. The molecule has 2 saturated carbocycles. The lowest BCUT2D eigenvalue weighted by Crippen LogP contribution is -2.30. The fourth-order valence-corrected chi connectivity index (χ4v) is 2.82. The highest BCUT2D eigenvalue weighted by Gasteiger charge is 2.49. The Morgan fingerprint density at radius 3 is 2.14 bits per heavy atom. The van der Waals surface area contributed by atoms with Crippen LogP contribution in [0.15, 0.2) is 0 Å². The Morgan fingerprint density at radius 1 is 1.07 bits per heavy atom. The molecule has 2 fully saturated rings. The largest absolute Gasteiger partial charge is 0.401 e. The summed E-state index contributed by atoms with van der Waals surface area (Å²) in [6.45, 7) is -0.266. The van der Waals surface area contributed by atoms with Crippen LogP contribution in [0.1, 0.15) is 25.7 Å². The smallest absolute Gasteiger partial charge is 0.308 e. The summed E-state index contributed by atoms with van der Waals surface area (Å²) in [5.41, 5.74) is 0. The first-order valence-corrected chi connectivity index (χ1v) is 5.35. The Labute approximate surface area is 82.1 Å².